The summed E-state index contributed by atoms with van der Waals surface area (Å²) in [5.74, 6) is -1.16. The van der Waals surface area contributed by atoms with E-state index in [4.69, 9.17) is 5.73 Å². The Morgan fingerprint density at radius 2 is 2.00 bits per heavy atom. The third kappa shape index (κ3) is 6.60. The first kappa shape index (κ1) is 19.3. The number of carbonyl (C=O) groups excluding carboxylic acids is 2. The van der Waals surface area contributed by atoms with Crippen LogP contribution in [0.15, 0.2) is 36.9 Å². The summed E-state index contributed by atoms with van der Waals surface area (Å²) in [5.41, 5.74) is 5.27. The summed E-state index contributed by atoms with van der Waals surface area (Å²) in [7, 11) is 0. The van der Waals surface area contributed by atoms with Crippen LogP contribution in [0.2, 0.25) is 0 Å². The molecule has 0 heterocycles. The van der Waals surface area contributed by atoms with E-state index >= 15 is 0 Å². The van der Waals surface area contributed by atoms with Gasteiger partial charge in [-0.2, -0.15) is 0 Å². The number of non-ortho nitro benzene ring substituents is 1. The number of allylic oxidation sites excluding steroid dienone is 1. The maximum Gasteiger partial charge on any atom is 0.270 e. The van der Waals surface area contributed by atoms with Gasteiger partial charge in [0.1, 0.15) is 6.04 Å². The number of unbranched alkanes of at least 4 members (excludes halogenated alkanes) is 4. The number of nitrogens with one attached hydrogen (secondary N) is 1. The fourth-order valence-corrected chi connectivity index (χ4v) is 2.28. The highest BCUT2D eigenvalue weighted by molar-refractivity contribution is 5.97. The topological polar surface area (TPSA) is 115 Å². The van der Waals surface area contributed by atoms with E-state index in [1.54, 1.807) is 0 Å². The minimum atomic E-state index is -0.781. The van der Waals surface area contributed by atoms with Gasteiger partial charge in [0, 0.05) is 17.7 Å². The van der Waals surface area contributed by atoms with Crippen molar-refractivity contribution in [2.24, 2.45) is 5.73 Å². The van der Waals surface area contributed by atoms with Crippen LogP contribution in [0, 0.1) is 10.1 Å². The summed E-state index contributed by atoms with van der Waals surface area (Å²) in [6.07, 6.45) is 7.05. The van der Waals surface area contributed by atoms with Crippen molar-refractivity contribution in [2.75, 3.05) is 0 Å². The number of carbonyl (C=O) groups is 2. The number of primary amides is 1. The van der Waals surface area contributed by atoms with Gasteiger partial charge in [0.25, 0.3) is 11.6 Å². The van der Waals surface area contributed by atoms with Crippen LogP contribution in [0.3, 0.4) is 0 Å². The molecule has 0 saturated carbocycles. The van der Waals surface area contributed by atoms with E-state index in [0.29, 0.717) is 6.42 Å². The molecule has 7 nitrogen and oxygen atoms in total. The van der Waals surface area contributed by atoms with Crippen LogP contribution in [0.5, 0.6) is 0 Å². The molecule has 0 spiro atoms. The van der Waals surface area contributed by atoms with Gasteiger partial charge in [0.2, 0.25) is 5.91 Å². The van der Waals surface area contributed by atoms with E-state index in [0.717, 1.165) is 32.1 Å². The second-order valence-electron chi connectivity index (χ2n) is 5.52. The zero-order chi connectivity index (χ0) is 17.9. The van der Waals surface area contributed by atoms with Crippen molar-refractivity contribution in [3.05, 3.63) is 52.6 Å². The van der Waals surface area contributed by atoms with Crippen LogP contribution >= 0.6 is 0 Å². The molecule has 0 bridgehead atoms. The molecule has 130 valence electrons. The molecule has 0 aliphatic rings. The molecule has 0 unspecified atom stereocenters. The van der Waals surface area contributed by atoms with E-state index in [1.165, 1.54) is 24.3 Å². The number of rotatable bonds is 11. The SMILES string of the molecule is C=CCCCCCC[C@@H](NC(=O)c1cccc([N+](=O)[O-])c1)C(N)=O. The number of nitrogens with zero attached hydrogens (tertiary/aromatic N) is 1. The van der Waals surface area contributed by atoms with Crippen molar-refractivity contribution in [2.45, 2.75) is 44.6 Å². The smallest absolute Gasteiger partial charge is 0.270 e. The van der Waals surface area contributed by atoms with Crippen molar-refractivity contribution in [3.63, 3.8) is 0 Å². The fourth-order valence-electron chi connectivity index (χ4n) is 2.28. The Morgan fingerprint density at radius 1 is 1.29 bits per heavy atom. The Balaban J connectivity index is 2.56. The third-order valence-corrected chi connectivity index (χ3v) is 3.62. The Hall–Kier alpha value is -2.70. The van der Waals surface area contributed by atoms with Crippen LogP contribution in [0.25, 0.3) is 0 Å². The molecule has 7 heteroatoms. The van der Waals surface area contributed by atoms with E-state index in [1.807, 2.05) is 6.08 Å². The van der Waals surface area contributed by atoms with Crippen LogP contribution in [0.1, 0.15) is 48.9 Å². The average Bonchev–Trinajstić information content (AvgIpc) is 2.56. The Kier molecular flexibility index (Phi) is 8.18. The number of hydrogen-bond donors (Lipinski definition) is 2. The van der Waals surface area contributed by atoms with Gasteiger partial charge in [-0.25, -0.2) is 0 Å². The molecule has 0 fully saturated rings. The molecule has 3 N–H and O–H groups in total. The zero-order valence-corrected chi connectivity index (χ0v) is 13.6. The molecule has 0 aliphatic heterocycles. The lowest BCUT2D eigenvalue weighted by atomic mass is 10.0. The molecule has 1 rings (SSSR count). The lowest BCUT2D eigenvalue weighted by molar-refractivity contribution is -0.384. The molecular formula is C17H23N3O4. The molecule has 1 aromatic rings. The van der Waals surface area contributed by atoms with Crippen LogP contribution in [0.4, 0.5) is 5.69 Å². The molecule has 1 aromatic carbocycles. The molecular weight excluding hydrogens is 310 g/mol. The van der Waals surface area contributed by atoms with E-state index in [9.17, 15) is 19.7 Å². The summed E-state index contributed by atoms with van der Waals surface area (Å²) < 4.78 is 0. The predicted molar refractivity (Wildman–Crippen MR) is 91.4 cm³/mol. The molecule has 2 amide bonds. The first-order valence-corrected chi connectivity index (χ1v) is 7.91. The number of nitro benzene ring substituents is 1. The Labute approximate surface area is 141 Å². The van der Waals surface area contributed by atoms with Gasteiger partial charge in [0.05, 0.1) is 4.92 Å². The zero-order valence-electron chi connectivity index (χ0n) is 13.6. The van der Waals surface area contributed by atoms with Crippen LogP contribution in [-0.4, -0.2) is 22.8 Å². The maximum absolute atomic E-state index is 12.2. The van der Waals surface area contributed by atoms with Gasteiger partial charge < -0.3 is 11.1 Å². The largest absolute Gasteiger partial charge is 0.368 e. The molecule has 1 atom stereocenters. The molecule has 0 saturated heterocycles. The second-order valence-corrected chi connectivity index (χ2v) is 5.52. The second kappa shape index (κ2) is 10.1. The summed E-state index contributed by atoms with van der Waals surface area (Å²) in [4.78, 5) is 33.8. The van der Waals surface area contributed by atoms with Crippen LogP contribution < -0.4 is 11.1 Å². The van der Waals surface area contributed by atoms with Gasteiger partial charge in [-0.15, -0.1) is 6.58 Å². The minimum Gasteiger partial charge on any atom is -0.368 e. The lowest BCUT2D eigenvalue weighted by Gasteiger charge is -2.15. The van der Waals surface area contributed by atoms with Gasteiger partial charge in [-0.1, -0.05) is 31.4 Å². The van der Waals surface area contributed by atoms with Crippen molar-refractivity contribution < 1.29 is 14.5 Å². The monoisotopic (exact) mass is 333 g/mol. The minimum absolute atomic E-state index is 0.126. The Morgan fingerprint density at radius 3 is 2.62 bits per heavy atom. The number of nitrogens with two attached hydrogens (primary N) is 1. The van der Waals surface area contributed by atoms with E-state index in [2.05, 4.69) is 11.9 Å². The number of hydrogen-bond acceptors (Lipinski definition) is 4. The number of amides is 2. The summed E-state index contributed by atoms with van der Waals surface area (Å²) in [6, 6.07) is 4.56. The van der Waals surface area contributed by atoms with E-state index < -0.39 is 22.8 Å². The highest BCUT2D eigenvalue weighted by atomic mass is 16.6. The van der Waals surface area contributed by atoms with Gasteiger partial charge >= 0.3 is 0 Å². The fraction of sp³-hybridized carbons (Fsp3) is 0.412. The normalized spacial score (nSPS) is 11.5. The van der Waals surface area contributed by atoms with Gasteiger partial charge in [-0.05, 0) is 25.3 Å². The average molecular weight is 333 g/mol. The Bertz CT molecular complexity index is 601. The summed E-state index contributed by atoms with van der Waals surface area (Å²) in [6.45, 7) is 3.66. The molecule has 0 aliphatic carbocycles. The molecule has 24 heavy (non-hydrogen) atoms. The van der Waals surface area contributed by atoms with Crippen molar-refractivity contribution in [1.29, 1.82) is 0 Å². The highest BCUT2D eigenvalue weighted by Gasteiger charge is 2.19. The first-order valence-electron chi connectivity index (χ1n) is 7.91. The summed E-state index contributed by atoms with van der Waals surface area (Å²) in [5, 5.41) is 13.3. The van der Waals surface area contributed by atoms with Gasteiger partial charge in [0.15, 0.2) is 0 Å². The summed E-state index contributed by atoms with van der Waals surface area (Å²) >= 11 is 0. The van der Waals surface area contributed by atoms with Crippen molar-refractivity contribution >= 4 is 17.5 Å². The number of benzene rings is 1. The third-order valence-electron chi connectivity index (χ3n) is 3.62. The number of nitro groups is 1. The molecule has 0 aromatic heterocycles. The standard InChI is InChI=1S/C17H23N3O4/c1-2-3-4-5-6-7-11-15(16(18)21)19-17(22)13-9-8-10-14(12-13)20(23)24/h2,8-10,12,15H,1,3-7,11H2,(H2,18,21)(H,19,22)/t15-/m1/s1. The first-order chi connectivity index (χ1) is 11.5. The van der Waals surface area contributed by atoms with Crippen molar-refractivity contribution in [1.82, 2.24) is 5.32 Å². The predicted octanol–water partition coefficient (Wildman–Crippen LogP) is 2.71. The van der Waals surface area contributed by atoms with Gasteiger partial charge in [-0.3, -0.25) is 19.7 Å². The highest BCUT2D eigenvalue weighted by Crippen LogP contribution is 2.14. The molecule has 0 radical (unpaired) electrons. The quantitative estimate of drug-likeness (QED) is 0.280. The van der Waals surface area contributed by atoms with E-state index in [-0.39, 0.29) is 11.3 Å². The van der Waals surface area contributed by atoms with Crippen molar-refractivity contribution in [3.8, 4) is 0 Å². The van der Waals surface area contributed by atoms with Crippen LogP contribution in [-0.2, 0) is 4.79 Å². The lowest BCUT2D eigenvalue weighted by Crippen LogP contribution is -2.44. The maximum atomic E-state index is 12.2.